The predicted octanol–water partition coefficient (Wildman–Crippen LogP) is -0.755. The Hall–Kier alpha value is 0.146. The van der Waals surface area contributed by atoms with E-state index < -0.39 is 10.1 Å². The van der Waals surface area contributed by atoms with Crippen LogP contribution in [0.5, 0.6) is 0 Å². The molecule has 0 aromatic carbocycles. The van der Waals surface area contributed by atoms with Gasteiger partial charge in [0.15, 0.2) is 0 Å². The Morgan fingerprint density at radius 3 is 2.42 bits per heavy atom. The molecule has 12 heavy (non-hydrogen) atoms. The van der Waals surface area contributed by atoms with Crippen LogP contribution in [0.4, 0.5) is 0 Å². The molecule has 0 saturated carbocycles. The van der Waals surface area contributed by atoms with Crippen molar-refractivity contribution in [1.82, 2.24) is 5.32 Å². The fourth-order valence-electron chi connectivity index (χ4n) is 0.519. The molecule has 1 amide bonds. The zero-order valence-corrected chi connectivity index (χ0v) is 9.14. The van der Waals surface area contributed by atoms with E-state index >= 15 is 0 Å². The van der Waals surface area contributed by atoms with Crippen LogP contribution >= 0.6 is 0 Å². The second-order valence-corrected chi connectivity index (χ2v) is 3.69. The zero-order chi connectivity index (χ0) is 8.91. The van der Waals surface area contributed by atoms with Gasteiger partial charge in [-0.1, -0.05) is 0 Å². The molecule has 0 radical (unpaired) electrons. The van der Waals surface area contributed by atoms with Gasteiger partial charge in [0, 0.05) is 13.5 Å². The van der Waals surface area contributed by atoms with Gasteiger partial charge < -0.3 is 8.17 Å². The summed E-state index contributed by atoms with van der Waals surface area (Å²) in [6.07, 6.45) is 0.235. The number of nitrogens with one attached hydrogen (secondary N) is 1. The number of amides is 1. The molecule has 7 heteroatoms. The summed E-state index contributed by atoms with van der Waals surface area (Å²) in [6.45, 7) is 1.61. The summed E-state index contributed by atoms with van der Waals surface area (Å²) in [5.41, 5.74) is 0. The van der Waals surface area contributed by atoms with Crippen LogP contribution in [0, 0.1) is 0 Å². The normalized spacial score (nSPS) is 10.2. The van der Waals surface area contributed by atoms with Gasteiger partial charge in [0.2, 0.25) is 5.91 Å². The maximum Gasteiger partial charge on any atom is 2.00 e. The SMILES string of the molecule is CC(=O)NCCCS(=O)(=O)O.[H-].[H-].[Mg+2]. The smallest absolute Gasteiger partial charge is 1.00 e. The molecular weight excluding hydrogens is 194 g/mol. The van der Waals surface area contributed by atoms with E-state index in [0.29, 0.717) is 0 Å². The van der Waals surface area contributed by atoms with Gasteiger partial charge in [0.05, 0.1) is 5.75 Å². The molecular formula is C5H13MgNO4S. The van der Waals surface area contributed by atoms with Crippen molar-refractivity contribution in [2.45, 2.75) is 13.3 Å². The molecule has 0 heterocycles. The third-order valence-electron chi connectivity index (χ3n) is 0.953. The number of hydrogen-bond acceptors (Lipinski definition) is 3. The number of carbonyl (C=O) groups excluding carboxylic acids is 1. The molecule has 0 spiro atoms. The van der Waals surface area contributed by atoms with Gasteiger partial charge in [-0.3, -0.25) is 9.35 Å². The van der Waals surface area contributed by atoms with Crippen molar-refractivity contribution in [2.24, 2.45) is 0 Å². The summed E-state index contributed by atoms with van der Waals surface area (Å²) in [5, 5.41) is 2.40. The topological polar surface area (TPSA) is 83.5 Å². The van der Waals surface area contributed by atoms with Crippen LogP contribution in [-0.2, 0) is 14.9 Å². The summed E-state index contributed by atoms with van der Waals surface area (Å²) in [5.74, 6) is -0.520. The van der Waals surface area contributed by atoms with Crippen LogP contribution < -0.4 is 5.32 Å². The summed E-state index contributed by atoms with van der Waals surface area (Å²) in [7, 11) is -3.87. The minimum absolute atomic E-state index is 0. The van der Waals surface area contributed by atoms with E-state index in [9.17, 15) is 13.2 Å². The van der Waals surface area contributed by atoms with E-state index in [1.165, 1.54) is 6.92 Å². The largest absolute Gasteiger partial charge is 2.00 e. The quantitative estimate of drug-likeness (QED) is 0.361. The number of carbonyl (C=O) groups is 1. The average Bonchev–Trinajstić information content (AvgIpc) is 1.78. The standard InChI is InChI=1S/C5H11NO4S.Mg.2H/c1-5(7)6-3-2-4-11(8,9)10;;;/h2-4H2,1H3,(H,6,7)(H,8,9,10);;;/q;+2;2*-1. The number of rotatable bonds is 4. The van der Waals surface area contributed by atoms with E-state index in [1.54, 1.807) is 0 Å². The van der Waals surface area contributed by atoms with Crippen molar-refractivity contribution in [3.8, 4) is 0 Å². The van der Waals surface area contributed by atoms with Crippen LogP contribution in [0.2, 0.25) is 0 Å². The molecule has 0 saturated heterocycles. The first-order valence-electron chi connectivity index (χ1n) is 3.11. The molecule has 0 atom stereocenters. The Kier molecular flexibility index (Phi) is 8.11. The Balaban J connectivity index is -0.000000167. The molecule has 0 aliphatic carbocycles. The van der Waals surface area contributed by atoms with E-state index in [0.717, 1.165) is 0 Å². The Bertz CT molecular complexity index is 234. The van der Waals surface area contributed by atoms with Gasteiger partial charge in [0.1, 0.15) is 0 Å². The van der Waals surface area contributed by atoms with Crippen molar-refractivity contribution in [2.75, 3.05) is 12.3 Å². The second-order valence-electron chi connectivity index (χ2n) is 2.12. The summed E-state index contributed by atoms with van der Waals surface area (Å²) in [6, 6.07) is 0. The fraction of sp³-hybridized carbons (Fsp3) is 0.800. The van der Waals surface area contributed by atoms with Gasteiger partial charge in [-0.2, -0.15) is 8.42 Å². The molecule has 0 fully saturated rings. The second kappa shape index (κ2) is 6.64. The van der Waals surface area contributed by atoms with Gasteiger partial charge in [-0.15, -0.1) is 0 Å². The molecule has 0 bridgehead atoms. The predicted molar refractivity (Wildman–Crippen MR) is 47.7 cm³/mol. The molecule has 0 aliphatic rings. The van der Waals surface area contributed by atoms with Crippen LogP contribution in [-0.4, -0.2) is 54.2 Å². The third kappa shape index (κ3) is 12.8. The molecule has 0 unspecified atom stereocenters. The Morgan fingerprint density at radius 1 is 1.58 bits per heavy atom. The molecule has 2 N–H and O–H groups in total. The first kappa shape index (κ1) is 14.7. The molecule has 70 valence electrons. The first-order valence-corrected chi connectivity index (χ1v) is 4.72. The third-order valence-corrected chi connectivity index (χ3v) is 1.76. The minimum atomic E-state index is -3.87. The maximum atomic E-state index is 10.2. The monoisotopic (exact) mass is 207 g/mol. The Morgan fingerprint density at radius 2 is 2.08 bits per heavy atom. The summed E-state index contributed by atoms with van der Waals surface area (Å²) >= 11 is 0. The molecule has 0 aliphatic heterocycles. The Labute approximate surface area is 90.8 Å². The van der Waals surface area contributed by atoms with Crippen LogP contribution in [0.1, 0.15) is 16.2 Å². The maximum absolute atomic E-state index is 10.2. The van der Waals surface area contributed by atoms with E-state index in [-0.39, 0.29) is 50.5 Å². The van der Waals surface area contributed by atoms with Crippen molar-refractivity contribution in [3.05, 3.63) is 0 Å². The van der Waals surface area contributed by atoms with E-state index in [4.69, 9.17) is 4.55 Å². The van der Waals surface area contributed by atoms with Crippen molar-refractivity contribution in [3.63, 3.8) is 0 Å². The molecule has 5 nitrogen and oxygen atoms in total. The van der Waals surface area contributed by atoms with Crippen molar-refractivity contribution >= 4 is 39.1 Å². The van der Waals surface area contributed by atoms with Gasteiger partial charge in [-0.25, -0.2) is 0 Å². The van der Waals surface area contributed by atoms with Gasteiger partial charge >= 0.3 is 23.1 Å². The van der Waals surface area contributed by atoms with Crippen molar-refractivity contribution in [1.29, 1.82) is 0 Å². The molecule has 0 rings (SSSR count). The van der Waals surface area contributed by atoms with Gasteiger partial charge in [-0.05, 0) is 6.42 Å². The molecule has 0 aromatic rings. The van der Waals surface area contributed by atoms with Gasteiger partial charge in [0.25, 0.3) is 10.1 Å². The summed E-state index contributed by atoms with van der Waals surface area (Å²) < 4.78 is 28.5. The first-order chi connectivity index (χ1) is 4.92. The van der Waals surface area contributed by atoms with E-state index in [2.05, 4.69) is 5.32 Å². The molecule has 0 aromatic heterocycles. The van der Waals surface area contributed by atoms with Crippen LogP contribution in [0.15, 0.2) is 0 Å². The average molecular weight is 208 g/mol. The zero-order valence-electron chi connectivity index (χ0n) is 8.91. The van der Waals surface area contributed by atoms with Crippen LogP contribution in [0.25, 0.3) is 0 Å². The summed E-state index contributed by atoms with van der Waals surface area (Å²) in [4.78, 5) is 10.2. The van der Waals surface area contributed by atoms with Crippen molar-refractivity contribution < 1.29 is 20.6 Å². The number of hydrogen-bond donors (Lipinski definition) is 2. The van der Waals surface area contributed by atoms with E-state index in [1.807, 2.05) is 0 Å². The minimum Gasteiger partial charge on any atom is -1.00 e. The fourth-order valence-corrected chi connectivity index (χ4v) is 1.03. The van der Waals surface area contributed by atoms with Crippen LogP contribution in [0.3, 0.4) is 0 Å².